The SMILES string of the molecule is CC(C)c1[nH]nc(C(=O)N(C)Cc2ccccn2)c1Br. The molecule has 0 atom stereocenters. The Bertz CT molecular complexity index is 594. The molecule has 0 aliphatic heterocycles. The van der Waals surface area contributed by atoms with Gasteiger partial charge in [0.2, 0.25) is 0 Å². The van der Waals surface area contributed by atoms with Crippen molar-refractivity contribution in [2.45, 2.75) is 26.3 Å². The number of nitrogens with zero attached hydrogens (tertiary/aromatic N) is 3. The monoisotopic (exact) mass is 336 g/mol. The van der Waals surface area contributed by atoms with Crippen molar-refractivity contribution >= 4 is 21.8 Å². The Morgan fingerprint density at radius 2 is 2.20 bits per heavy atom. The van der Waals surface area contributed by atoms with Crippen LogP contribution in [0.25, 0.3) is 0 Å². The Morgan fingerprint density at radius 3 is 2.75 bits per heavy atom. The Hall–Kier alpha value is -1.69. The highest BCUT2D eigenvalue weighted by molar-refractivity contribution is 9.10. The van der Waals surface area contributed by atoms with Crippen LogP contribution in [0.15, 0.2) is 28.9 Å². The van der Waals surface area contributed by atoms with E-state index in [0.29, 0.717) is 12.2 Å². The first kappa shape index (κ1) is 14.7. The largest absolute Gasteiger partial charge is 0.334 e. The molecule has 0 fully saturated rings. The zero-order chi connectivity index (χ0) is 14.7. The highest BCUT2D eigenvalue weighted by Crippen LogP contribution is 2.26. The van der Waals surface area contributed by atoms with Crippen LogP contribution in [0.3, 0.4) is 0 Å². The number of aromatic amines is 1. The maximum absolute atomic E-state index is 12.4. The van der Waals surface area contributed by atoms with E-state index in [1.165, 1.54) is 0 Å². The van der Waals surface area contributed by atoms with Crippen molar-refractivity contribution < 1.29 is 4.79 Å². The van der Waals surface area contributed by atoms with Crippen LogP contribution >= 0.6 is 15.9 Å². The third-order valence-electron chi connectivity index (χ3n) is 2.98. The summed E-state index contributed by atoms with van der Waals surface area (Å²) in [5.74, 6) is 0.144. The molecule has 0 aliphatic carbocycles. The predicted molar refractivity (Wildman–Crippen MR) is 80.4 cm³/mol. The predicted octanol–water partition coefficient (Wildman–Crippen LogP) is 2.96. The van der Waals surface area contributed by atoms with Crippen LogP contribution < -0.4 is 0 Å². The average Bonchev–Trinajstić information content (AvgIpc) is 2.81. The Balaban J connectivity index is 2.15. The standard InChI is InChI=1S/C14H17BrN4O/c1-9(2)12-11(15)13(18-17-12)14(20)19(3)8-10-6-4-5-7-16-10/h4-7,9H,8H2,1-3H3,(H,17,18). The number of hydrogen-bond acceptors (Lipinski definition) is 3. The van der Waals surface area contributed by atoms with Crippen molar-refractivity contribution in [2.75, 3.05) is 7.05 Å². The summed E-state index contributed by atoms with van der Waals surface area (Å²) in [7, 11) is 1.74. The average molecular weight is 337 g/mol. The molecular weight excluding hydrogens is 320 g/mol. The summed E-state index contributed by atoms with van der Waals surface area (Å²) < 4.78 is 0.741. The van der Waals surface area contributed by atoms with E-state index in [-0.39, 0.29) is 11.8 Å². The van der Waals surface area contributed by atoms with Crippen molar-refractivity contribution in [2.24, 2.45) is 0 Å². The van der Waals surface area contributed by atoms with Gasteiger partial charge in [0.1, 0.15) is 0 Å². The van der Waals surface area contributed by atoms with Gasteiger partial charge in [0.25, 0.3) is 5.91 Å². The van der Waals surface area contributed by atoms with E-state index in [0.717, 1.165) is 15.9 Å². The fourth-order valence-corrected chi connectivity index (χ4v) is 2.66. The second-order valence-corrected chi connectivity index (χ2v) is 5.73. The zero-order valence-corrected chi connectivity index (χ0v) is 13.3. The molecule has 2 heterocycles. The summed E-state index contributed by atoms with van der Waals surface area (Å²) in [5, 5.41) is 7.03. The number of carbonyl (C=O) groups is 1. The highest BCUT2D eigenvalue weighted by Gasteiger charge is 2.22. The molecule has 0 aromatic carbocycles. The number of aromatic nitrogens is 3. The van der Waals surface area contributed by atoms with Gasteiger partial charge in [-0.15, -0.1) is 0 Å². The highest BCUT2D eigenvalue weighted by atomic mass is 79.9. The van der Waals surface area contributed by atoms with Crippen LogP contribution in [-0.2, 0) is 6.54 Å². The molecule has 106 valence electrons. The van der Waals surface area contributed by atoms with Gasteiger partial charge in [-0.1, -0.05) is 19.9 Å². The van der Waals surface area contributed by atoms with Gasteiger partial charge in [-0.05, 0) is 34.0 Å². The van der Waals surface area contributed by atoms with Crippen LogP contribution in [0, 0.1) is 0 Å². The zero-order valence-electron chi connectivity index (χ0n) is 11.7. The first-order chi connectivity index (χ1) is 9.50. The molecule has 1 amide bonds. The molecule has 2 aromatic heterocycles. The molecule has 0 aliphatic rings. The van der Waals surface area contributed by atoms with E-state index >= 15 is 0 Å². The molecule has 1 N–H and O–H groups in total. The summed E-state index contributed by atoms with van der Waals surface area (Å²) in [6.45, 7) is 4.55. The second kappa shape index (κ2) is 6.17. The lowest BCUT2D eigenvalue weighted by Gasteiger charge is -2.15. The Kier molecular flexibility index (Phi) is 4.54. The van der Waals surface area contributed by atoms with Crippen molar-refractivity contribution in [3.63, 3.8) is 0 Å². The third-order valence-corrected chi connectivity index (χ3v) is 3.79. The minimum Gasteiger partial charge on any atom is -0.334 e. The summed E-state index contributed by atoms with van der Waals surface area (Å²) in [6.07, 6.45) is 1.72. The van der Waals surface area contributed by atoms with E-state index in [9.17, 15) is 4.79 Å². The number of pyridine rings is 1. The van der Waals surface area contributed by atoms with Gasteiger partial charge in [-0.25, -0.2) is 0 Å². The lowest BCUT2D eigenvalue weighted by Crippen LogP contribution is -2.27. The van der Waals surface area contributed by atoms with Crippen molar-refractivity contribution in [3.05, 3.63) is 46.0 Å². The minimum atomic E-state index is -0.134. The summed E-state index contributed by atoms with van der Waals surface area (Å²) in [4.78, 5) is 18.2. The molecule has 0 bridgehead atoms. The van der Waals surface area contributed by atoms with Crippen molar-refractivity contribution in [1.29, 1.82) is 0 Å². The maximum Gasteiger partial charge on any atom is 0.275 e. The van der Waals surface area contributed by atoms with E-state index in [2.05, 4.69) is 31.1 Å². The number of carbonyl (C=O) groups excluding carboxylic acids is 1. The lowest BCUT2D eigenvalue weighted by molar-refractivity contribution is 0.0776. The minimum absolute atomic E-state index is 0.134. The molecule has 0 saturated heterocycles. The number of amides is 1. The van der Waals surface area contributed by atoms with Crippen molar-refractivity contribution in [3.8, 4) is 0 Å². The normalized spacial score (nSPS) is 10.8. The number of rotatable bonds is 4. The van der Waals surface area contributed by atoms with Crippen LogP contribution in [0.5, 0.6) is 0 Å². The molecule has 20 heavy (non-hydrogen) atoms. The topological polar surface area (TPSA) is 61.9 Å². The Labute approximate surface area is 126 Å². The van der Waals surface area contributed by atoms with Gasteiger partial charge >= 0.3 is 0 Å². The molecule has 2 aromatic rings. The maximum atomic E-state index is 12.4. The third kappa shape index (κ3) is 3.07. The van der Waals surface area contributed by atoms with E-state index < -0.39 is 0 Å². The number of H-pyrrole nitrogens is 1. The smallest absolute Gasteiger partial charge is 0.275 e. The first-order valence-corrected chi connectivity index (χ1v) is 7.19. The molecule has 6 heteroatoms. The van der Waals surface area contributed by atoms with E-state index in [4.69, 9.17) is 0 Å². The fraction of sp³-hybridized carbons (Fsp3) is 0.357. The molecule has 5 nitrogen and oxygen atoms in total. The molecular formula is C14H17BrN4O. The van der Waals surface area contributed by atoms with E-state index in [1.54, 1.807) is 18.1 Å². The number of hydrogen-bond donors (Lipinski definition) is 1. The van der Waals surface area contributed by atoms with Crippen LogP contribution in [0.4, 0.5) is 0 Å². The molecule has 2 rings (SSSR count). The lowest BCUT2D eigenvalue weighted by atomic mass is 10.1. The van der Waals surface area contributed by atoms with E-state index in [1.807, 2.05) is 32.0 Å². The van der Waals surface area contributed by atoms with Crippen LogP contribution in [0.1, 0.15) is 41.6 Å². The van der Waals surface area contributed by atoms with Gasteiger partial charge < -0.3 is 4.90 Å². The van der Waals surface area contributed by atoms with Gasteiger partial charge in [0.05, 0.1) is 22.4 Å². The van der Waals surface area contributed by atoms with Crippen molar-refractivity contribution in [1.82, 2.24) is 20.1 Å². The first-order valence-electron chi connectivity index (χ1n) is 6.39. The molecule has 0 radical (unpaired) electrons. The summed E-state index contributed by atoms with van der Waals surface area (Å²) >= 11 is 3.45. The summed E-state index contributed by atoms with van der Waals surface area (Å²) in [5.41, 5.74) is 2.19. The second-order valence-electron chi connectivity index (χ2n) is 4.94. The van der Waals surface area contributed by atoms with Gasteiger partial charge in [-0.3, -0.25) is 14.9 Å². The number of nitrogens with one attached hydrogen (secondary N) is 1. The quantitative estimate of drug-likeness (QED) is 0.933. The molecule has 0 saturated carbocycles. The van der Waals surface area contributed by atoms with Gasteiger partial charge in [0, 0.05) is 13.2 Å². The molecule has 0 unspecified atom stereocenters. The Morgan fingerprint density at radius 1 is 1.45 bits per heavy atom. The van der Waals surface area contributed by atoms with Gasteiger partial charge in [-0.2, -0.15) is 5.10 Å². The van der Waals surface area contributed by atoms with Gasteiger partial charge in [0.15, 0.2) is 5.69 Å². The van der Waals surface area contributed by atoms with Crippen LogP contribution in [0.2, 0.25) is 0 Å². The summed E-state index contributed by atoms with van der Waals surface area (Å²) in [6, 6.07) is 5.65. The fourth-order valence-electron chi connectivity index (χ4n) is 1.85. The number of halogens is 1. The van der Waals surface area contributed by atoms with Crippen LogP contribution in [-0.4, -0.2) is 33.0 Å². The molecule has 0 spiro atoms.